The summed E-state index contributed by atoms with van der Waals surface area (Å²) in [6.45, 7) is 2.12. The van der Waals surface area contributed by atoms with Crippen molar-refractivity contribution in [3.63, 3.8) is 0 Å². The van der Waals surface area contributed by atoms with Crippen LogP contribution in [-0.4, -0.2) is 33.7 Å². The van der Waals surface area contributed by atoms with Crippen LogP contribution >= 0.6 is 0 Å². The monoisotopic (exact) mass is 383 g/mol. The largest absolute Gasteiger partial charge is 0.434 e. The molecule has 1 heterocycles. The van der Waals surface area contributed by atoms with Gasteiger partial charge >= 0.3 is 6.18 Å². The van der Waals surface area contributed by atoms with E-state index in [4.69, 9.17) is 0 Å². The topological polar surface area (TPSA) is 38.1 Å². The van der Waals surface area contributed by atoms with Gasteiger partial charge in [0, 0.05) is 13.1 Å². The van der Waals surface area contributed by atoms with E-state index in [-0.39, 0.29) is 11.7 Å². The van der Waals surface area contributed by atoms with Crippen molar-refractivity contribution in [1.29, 1.82) is 0 Å². The van der Waals surface area contributed by atoms with Crippen molar-refractivity contribution in [2.45, 2.75) is 44.8 Å². The summed E-state index contributed by atoms with van der Waals surface area (Å²) in [6.07, 6.45) is -0.602. The Labute approximate surface area is 154 Å². The highest BCUT2D eigenvalue weighted by Crippen LogP contribution is 2.35. The maximum atomic E-state index is 14.0. The van der Waals surface area contributed by atoms with Gasteiger partial charge < -0.3 is 4.90 Å². The molecule has 0 saturated heterocycles. The summed E-state index contributed by atoms with van der Waals surface area (Å²) in [5.41, 5.74) is -2.17. The molecule has 1 aromatic heterocycles. The van der Waals surface area contributed by atoms with Crippen LogP contribution in [0.25, 0.3) is 5.69 Å². The van der Waals surface area contributed by atoms with Gasteiger partial charge in [0.2, 0.25) is 0 Å². The molecule has 1 aliphatic carbocycles. The van der Waals surface area contributed by atoms with E-state index < -0.39 is 29.2 Å². The first-order valence-electron chi connectivity index (χ1n) is 8.87. The molecule has 2 aromatic rings. The van der Waals surface area contributed by atoms with Gasteiger partial charge in [-0.25, -0.2) is 9.07 Å². The second kappa shape index (κ2) is 7.32. The normalized spacial score (nSPS) is 20.5. The lowest BCUT2D eigenvalue weighted by Gasteiger charge is -2.33. The van der Waals surface area contributed by atoms with Gasteiger partial charge in [0.25, 0.3) is 5.91 Å². The van der Waals surface area contributed by atoms with E-state index in [1.807, 2.05) is 0 Å². The number of hydrogen-bond acceptors (Lipinski definition) is 2. The molecule has 0 N–H and O–H groups in total. The molecule has 1 aliphatic rings. The molecule has 1 aromatic carbocycles. The van der Waals surface area contributed by atoms with E-state index in [1.165, 1.54) is 30.1 Å². The predicted octanol–water partition coefficient (Wildman–Crippen LogP) is 4.68. The van der Waals surface area contributed by atoms with Crippen molar-refractivity contribution >= 4 is 5.91 Å². The SMILES string of the molecule is CC1CCC(N(C)C(=O)c2cnn(-c3ccccc3F)c2C(F)(F)F)CC1. The van der Waals surface area contributed by atoms with Crippen LogP contribution in [0.4, 0.5) is 17.6 Å². The summed E-state index contributed by atoms with van der Waals surface area (Å²) < 4.78 is 55.6. The third kappa shape index (κ3) is 3.84. The number of carbonyl (C=O) groups excluding carboxylic acids is 1. The number of para-hydroxylation sites is 1. The quantitative estimate of drug-likeness (QED) is 0.722. The maximum Gasteiger partial charge on any atom is 0.434 e. The summed E-state index contributed by atoms with van der Waals surface area (Å²) in [7, 11) is 1.52. The number of nitrogens with zero attached hydrogens (tertiary/aromatic N) is 3. The van der Waals surface area contributed by atoms with E-state index in [2.05, 4.69) is 12.0 Å². The molecule has 1 amide bonds. The molecule has 3 rings (SSSR count). The third-order valence-electron chi connectivity index (χ3n) is 5.20. The fraction of sp³-hybridized carbons (Fsp3) is 0.474. The van der Waals surface area contributed by atoms with Crippen LogP contribution in [-0.2, 0) is 6.18 Å². The number of carbonyl (C=O) groups is 1. The predicted molar refractivity (Wildman–Crippen MR) is 92.0 cm³/mol. The minimum atomic E-state index is -4.86. The van der Waals surface area contributed by atoms with E-state index in [1.54, 1.807) is 0 Å². The van der Waals surface area contributed by atoms with Gasteiger partial charge in [-0.05, 0) is 43.7 Å². The van der Waals surface area contributed by atoms with E-state index >= 15 is 0 Å². The number of amides is 1. The van der Waals surface area contributed by atoms with Gasteiger partial charge in [-0.3, -0.25) is 4.79 Å². The van der Waals surface area contributed by atoms with Crippen LogP contribution in [0.1, 0.15) is 48.7 Å². The lowest BCUT2D eigenvalue weighted by atomic mass is 9.86. The van der Waals surface area contributed by atoms with Crippen LogP contribution in [0, 0.1) is 11.7 Å². The first-order valence-corrected chi connectivity index (χ1v) is 8.87. The highest BCUT2D eigenvalue weighted by Gasteiger charge is 2.42. The van der Waals surface area contributed by atoms with Crippen LogP contribution in [0.3, 0.4) is 0 Å². The number of hydrogen-bond donors (Lipinski definition) is 0. The molecular weight excluding hydrogens is 362 g/mol. The molecule has 4 nitrogen and oxygen atoms in total. The summed E-state index contributed by atoms with van der Waals surface area (Å²) >= 11 is 0. The molecule has 1 saturated carbocycles. The zero-order chi connectivity index (χ0) is 19.8. The van der Waals surface area contributed by atoms with Crippen molar-refractivity contribution in [3.8, 4) is 5.69 Å². The zero-order valence-corrected chi connectivity index (χ0v) is 15.1. The molecule has 146 valence electrons. The first kappa shape index (κ1) is 19.4. The second-order valence-electron chi connectivity index (χ2n) is 7.10. The van der Waals surface area contributed by atoms with E-state index in [0.717, 1.165) is 37.9 Å². The van der Waals surface area contributed by atoms with Gasteiger partial charge in [0.15, 0.2) is 5.69 Å². The number of aromatic nitrogens is 2. The fourth-order valence-corrected chi connectivity index (χ4v) is 3.57. The van der Waals surface area contributed by atoms with Crippen molar-refractivity contribution in [3.05, 3.63) is 47.5 Å². The average molecular weight is 383 g/mol. The molecular formula is C19H21F4N3O. The van der Waals surface area contributed by atoms with Gasteiger partial charge in [-0.15, -0.1) is 0 Å². The van der Waals surface area contributed by atoms with Crippen LogP contribution in [0.15, 0.2) is 30.5 Å². The van der Waals surface area contributed by atoms with E-state index in [0.29, 0.717) is 10.6 Å². The summed E-state index contributed by atoms with van der Waals surface area (Å²) in [6, 6.07) is 4.93. The molecule has 27 heavy (non-hydrogen) atoms. The molecule has 0 atom stereocenters. The minimum absolute atomic E-state index is 0.105. The van der Waals surface area contributed by atoms with Crippen LogP contribution in [0.2, 0.25) is 0 Å². The lowest BCUT2D eigenvalue weighted by molar-refractivity contribution is -0.143. The molecule has 1 fully saturated rings. The van der Waals surface area contributed by atoms with Gasteiger partial charge in [0.05, 0.1) is 11.8 Å². The Bertz CT molecular complexity index is 823. The Hall–Kier alpha value is -2.38. The molecule has 0 radical (unpaired) electrons. The molecule has 8 heteroatoms. The number of halogens is 4. The molecule has 0 spiro atoms. The smallest absolute Gasteiger partial charge is 0.339 e. The van der Waals surface area contributed by atoms with Gasteiger partial charge in [0.1, 0.15) is 11.5 Å². The first-order chi connectivity index (χ1) is 12.7. The highest BCUT2D eigenvalue weighted by atomic mass is 19.4. The van der Waals surface area contributed by atoms with Crippen molar-refractivity contribution < 1.29 is 22.4 Å². The van der Waals surface area contributed by atoms with Crippen LogP contribution in [0.5, 0.6) is 0 Å². The maximum absolute atomic E-state index is 14.0. The summed E-state index contributed by atoms with van der Waals surface area (Å²) in [5.74, 6) is -1.04. The van der Waals surface area contributed by atoms with Crippen molar-refractivity contribution in [2.75, 3.05) is 7.05 Å². The molecule has 0 aliphatic heterocycles. The highest BCUT2D eigenvalue weighted by molar-refractivity contribution is 5.95. The van der Waals surface area contributed by atoms with Crippen molar-refractivity contribution in [2.24, 2.45) is 5.92 Å². The Balaban J connectivity index is 1.98. The molecule has 0 bridgehead atoms. The van der Waals surface area contributed by atoms with Gasteiger partial charge in [-0.1, -0.05) is 19.1 Å². The minimum Gasteiger partial charge on any atom is -0.339 e. The number of rotatable bonds is 3. The fourth-order valence-electron chi connectivity index (χ4n) is 3.57. The van der Waals surface area contributed by atoms with Gasteiger partial charge in [-0.2, -0.15) is 18.3 Å². The number of benzene rings is 1. The van der Waals surface area contributed by atoms with Crippen LogP contribution < -0.4 is 0 Å². The Morgan fingerprint density at radius 2 is 1.81 bits per heavy atom. The lowest BCUT2D eigenvalue weighted by Crippen LogP contribution is -2.40. The summed E-state index contributed by atoms with van der Waals surface area (Å²) in [5, 5.41) is 3.68. The Morgan fingerprint density at radius 3 is 2.41 bits per heavy atom. The second-order valence-corrected chi connectivity index (χ2v) is 7.10. The summed E-state index contributed by atoms with van der Waals surface area (Å²) in [4.78, 5) is 14.2. The zero-order valence-electron chi connectivity index (χ0n) is 15.1. The standard InChI is InChI=1S/C19H21F4N3O/c1-12-7-9-13(10-8-12)25(2)18(27)14-11-24-26(17(14)19(21,22)23)16-6-4-3-5-15(16)20/h3-6,11-13H,7-10H2,1-2H3. The van der Waals surface area contributed by atoms with E-state index in [9.17, 15) is 22.4 Å². The Kier molecular flexibility index (Phi) is 5.26. The van der Waals surface area contributed by atoms with Crippen molar-refractivity contribution in [1.82, 2.24) is 14.7 Å². The number of alkyl halides is 3. The average Bonchev–Trinajstić information content (AvgIpc) is 3.07. The Morgan fingerprint density at radius 1 is 1.19 bits per heavy atom. The third-order valence-corrected chi connectivity index (χ3v) is 5.20. The molecule has 0 unspecified atom stereocenters.